The van der Waals surface area contributed by atoms with Crippen LogP contribution in [-0.2, 0) is 42.9 Å². The second kappa shape index (κ2) is 39.2. The Bertz CT molecular complexity index is 5160. The quantitative estimate of drug-likeness (QED) is 0.0878. The fraction of sp³-hybridized carbons (Fsp3) is 0.402. The van der Waals surface area contributed by atoms with Crippen LogP contribution in [0.4, 0.5) is 23.3 Å². The molecule has 0 spiro atoms. The third-order valence-corrected chi connectivity index (χ3v) is 25.0. The Labute approximate surface area is 730 Å². The van der Waals surface area contributed by atoms with E-state index in [2.05, 4.69) is 0 Å². The van der Waals surface area contributed by atoms with E-state index in [4.69, 9.17) is 97.7 Å². The van der Waals surface area contributed by atoms with E-state index in [9.17, 15) is 38.4 Å². The molecule has 8 saturated heterocycles. The lowest BCUT2D eigenvalue weighted by molar-refractivity contribution is -0.134. The number of carbonyl (C=O) groups excluding carboxylic acids is 4. The van der Waals surface area contributed by atoms with Crippen LogP contribution in [0.25, 0.3) is 46.9 Å². The van der Waals surface area contributed by atoms with Gasteiger partial charge in [-0.25, -0.2) is 19.9 Å². The minimum atomic E-state index is -0.833. The molecule has 1 N–H and O–H groups in total. The molecule has 8 fully saturated rings. The van der Waals surface area contributed by atoms with Gasteiger partial charge in [0.2, 0.25) is 0 Å². The average Bonchev–Trinajstić information content (AvgIpc) is 1.02. The number of hydrogen-bond acceptors (Lipinski definition) is 29. The van der Waals surface area contributed by atoms with Crippen molar-refractivity contribution < 1.29 is 48.0 Å². The molecule has 0 unspecified atom stereocenters. The molecule has 0 bridgehead atoms. The summed E-state index contributed by atoms with van der Waals surface area (Å²) in [5, 5.41) is 7.42. The average molecular weight is 1780 g/mol. The number of fused-ring (bicyclic) bond motifs is 4. The zero-order valence-electron chi connectivity index (χ0n) is 68.5. The molecule has 16 rings (SSSR count). The maximum absolute atomic E-state index is 13.4. The SMILES string of the molecule is CC(=O)O.Cc1ccc2nc(N3CCOCC3)c(/C=C3\SC(=S)N(C(C)C)C3=O)c(=O)n2c1.Cc1ccc2nc(N3CCOCC3)c(/C=C3\SC(=S)N(C(C)C)C3=O)c(=O)n2c1.Cc1ccc2nc(N3CCOCC3)c(/C=C3\SC(=S)N(C(C)C)C3=O)c(=O)n2c1.Cc1ccc2nc(N3CCOCC3)c(/C=C3\SC(=S)N(C(C)C)C3=O)c(=O)n2c1. The van der Waals surface area contributed by atoms with E-state index in [1.54, 1.807) is 68.7 Å². The first-order valence-electron chi connectivity index (χ1n) is 38.9. The van der Waals surface area contributed by atoms with Gasteiger partial charge in [-0.3, -0.25) is 80.4 Å². The number of carbonyl (C=O) groups is 5. The number of thioether (sulfide) groups is 4. The lowest BCUT2D eigenvalue weighted by Gasteiger charge is -2.29. The van der Waals surface area contributed by atoms with Crippen molar-refractivity contribution in [3.05, 3.63) is 179 Å². The molecule has 120 heavy (non-hydrogen) atoms. The summed E-state index contributed by atoms with van der Waals surface area (Å²) < 4.78 is 30.0. The first kappa shape index (κ1) is 89.8. The van der Waals surface area contributed by atoms with E-state index in [0.29, 0.717) is 210 Å². The van der Waals surface area contributed by atoms with Crippen LogP contribution in [0, 0.1) is 27.7 Å². The molecule has 8 aliphatic heterocycles. The van der Waals surface area contributed by atoms with Crippen molar-refractivity contribution in [1.29, 1.82) is 0 Å². The highest BCUT2D eigenvalue weighted by Crippen LogP contribution is 2.40. The molecule has 0 aliphatic carbocycles. The highest BCUT2D eigenvalue weighted by molar-refractivity contribution is 8.28. The lowest BCUT2D eigenvalue weighted by atomic mass is 10.2. The highest BCUT2D eigenvalue weighted by atomic mass is 32.2. The van der Waals surface area contributed by atoms with Crippen molar-refractivity contribution in [3.63, 3.8) is 0 Å². The normalized spacial score (nSPS) is 18.8. The van der Waals surface area contributed by atoms with E-state index in [1.807, 2.05) is 151 Å². The van der Waals surface area contributed by atoms with Crippen molar-refractivity contribution in [2.45, 2.75) is 114 Å². The van der Waals surface area contributed by atoms with Crippen LogP contribution in [0.5, 0.6) is 0 Å². The fourth-order valence-corrected chi connectivity index (χ4v) is 19.8. The molecule has 632 valence electrons. The number of carboxylic acid groups (broad SMARTS) is 1. The van der Waals surface area contributed by atoms with Gasteiger partial charge in [0, 0.05) is 108 Å². The molecule has 4 amide bonds. The summed E-state index contributed by atoms with van der Waals surface area (Å²) in [4.78, 5) is 149. The lowest BCUT2D eigenvalue weighted by Crippen LogP contribution is -2.38. The standard InChI is InChI=1S/4C20H22N4O3S2.C2H4O2/c4*1-12(2)24-19(26)15(29-20(24)28)10-14-17(22-6-8-27-9-7-22)21-16-5-4-13(3)11-23(16)18(14)25;1-2(3)4/h4*4-5,10-12H,6-9H2,1-3H3;1H3,(H,3,4)/b4*15-10-;. The number of aryl methyl sites for hydroxylation is 4. The molecule has 0 saturated carbocycles. The van der Waals surface area contributed by atoms with Crippen LogP contribution in [0.3, 0.4) is 0 Å². The van der Waals surface area contributed by atoms with E-state index < -0.39 is 5.97 Å². The molecule has 0 aromatic carbocycles. The van der Waals surface area contributed by atoms with Gasteiger partial charge < -0.3 is 43.7 Å². The topological polar surface area (TPSA) is 306 Å². The Balaban J connectivity index is 0.000000144. The Morgan fingerprint density at radius 1 is 0.350 bits per heavy atom. The van der Waals surface area contributed by atoms with Gasteiger partial charge in [0.25, 0.3) is 51.8 Å². The number of ether oxygens (including phenoxy) is 4. The van der Waals surface area contributed by atoms with Gasteiger partial charge in [-0.05, 0) is 154 Å². The van der Waals surface area contributed by atoms with Crippen LogP contribution in [0.2, 0.25) is 0 Å². The van der Waals surface area contributed by atoms with Gasteiger partial charge in [0.15, 0.2) is 0 Å². The summed E-state index contributed by atoms with van der Waals surface area (Å²) >= 11 is 26.4. The number of aromatic nitrogens is 8. The predicted molar refractivity (Wildman–Crippen MR) is 491 cm³/mol. The summed E-state index contributed by atoms with van der Waals surface area (Å²) in [5.74, 6) is 0.810. The maximum atomic E-state index is 13.4. The van der Waals surface area contributed by atoms with Crippen molar-refractivity contribution >= 4 is 213 Å². The van der Waals surface area contributed by atoms with E-state index in [0.717, 1.165) is 29.2 Å². The van der Waals surface area contributed by atoms with Crippen molar-refractivity contribution in [3.8, 4) is 0 Å². The largest absolute Gasteiger partial charge is 0.481 e. The van der Waals surface area contributed by atoms with Crippen LogP contribution in [0.1, 0.15) is 107 Å². The number of rotatable bonds is 12. The number of thiocarbonyl (C=S) groups is 4. The third kappa shape index (κ3) is 20.0. The summed E-state index contributed by atoms with van der Waals surface area (Å²) in [6.45, 7) is 33.9. The van der Waals surface area contributed by atoms with Crippen molar-refractivity contribution in [1.82, 2.24) is 57.1 Å². The van der Waals surface area contributed by atoms with Gasteiger partial charge in [-0.2, -0.15) is 0 Å². The second-order valence-electron chi connectivity index (χ2n) is 29.9. The minimum absolute atomic E-state index is 0.0365. The van der Waals surface area contributed by atoms with Gasteiger partial charge in [0.05, 0.1) is 94.7 Å². The second-order valence-corrected chi connectivity index (χ2v) is 36.6. The summed E-state index contributed by atoms with van der Waals surface area (Å²) in [5.41, 5.74) is 6.95. The Kier molecular flexibility index (Phi) is 29.3. The summed E-state index contributed by atoms with van der Waals surface area (Å²) in [7, 11) is 0. The van der Waals surface area contributed by atoms with E-state index in [1.165, 1.54) is 64.7 Å². The molecule has 8 aliphatic rings. The Morgan fingerprint density at radius 2 is 0.525 bits per heavy atom. The summed E-state index contributed by atoms with van der Waals surface area (Å²) in [6, 6.07) is 14.9. The molecule has 16 heterocycles. The monoisotopic (exact) mass is 1780 g/mol. The van der Waals surface area contributed by atoms with E-state index >= 15 is 0 Å². The van der Waals surface area contributed by atoms with Crippen LogP contribution >= 0.6 is 95.9 Å². The molecule has 38 heteroatoms. The number of morpholine rings is 4. The smallest absolute Gasteiger partial charge is 0.300 e. The zero-order valence-corrected chi connectivity index (χ0v) is 75.1. The van der Waals surface area contributed by atoms with Gasteiger partial charge >= 0.3 is 0 Å². The van der Waals surface area contributed by atoms with Crippen molar-refractivity contribution in [2.24, 2.45) is 0 Å². The molecule has 30 nitrogen and oxygen atoms in total. The zero-order chi connectivity index (χ0) is 86.4. The first-order chi connectivity index (χ1) is 57.2. The number of aliphatic carboxylic acids is 1. The van der Waals surface area contributed by atoms with Crippen LogP contribution in [-0.4, -0.2) is 239 Å². The van der Waals surface area contributed by atoms with E-state index in [-0.39, 0.29) is 70.0 Å². The number of amides is 4. The van der Waals surface area contributed by atoms with Gasteiger partial charge in [-0.1, -0.05) is 120 Å². The number of nitrogens with zero attached hydrogens (tertiary/aromatic N) is 16. The number of hydrogen-bond donors (Lipinski definition) is 1. The Morgan fingerprint density at radius 3 is 0.683 bits per heavy atom. The molecule has 0 radical (unpaired) electrons. The van der Waals surface area contributed by atoms with Crippen molar-refractivity contribution in [2.75, 3.05) is 125 Å². The number of anilines is 4. The van der Waals surface area contributed by atoms with Crippen LogP contribution < -0.4 is 41.8 Å². The third-order valence-electron chi connectivity index (χ3n) is 19.6. The number of pyridine rings is 4. The molecule has 8 aromatic rings. The van der Waals surface area contributed by atoms with Gasteiger partial charge in [-0.15, -0.1) is 0 Å². The number of carboxylic acids is 1. The molecule has 0 atom stereocenters. The Hall–Kier alpha value is -9.45. The fourth-order valence-electron chi connectivity index (χ4n) is 13.8. The predicted octanol–water partition coefficient (Wildman–Crippen LogP) is 9.89. The molecule has 8 aromatic heterocycles. The van der Waals surface area contributed by atoms with Gasteiger partial charge in [0.1, 0.15) is 63.1 Å². The maximum Gasteiger partial charge on any atom is 0.300 e. The molecular weight excluding hydrogens is 1690 g/mol. The summed E-state index contributed by atoms with van der Waals surface area (Å²) in [6.07, 6.45) is 13.7. The first-order valence-corrected chi connectivity index (χ1v) is 43.8. The molecular formula is C82H92N16O14S8. The minimum Gasteiger partial charge on any atom is -0.481 e. The highest BCUT2D eigenvalue weighted by Gasteiger charge is 2.39. The van der Waals surface area contributed by atoms with Crippen LogP contribution in [0.15, 0.2) is 112 Å².